The van der Waals surface area contributed by atoms with E-state index in [4.69, 9.17) is 5.26 Å². The van der Waals surface area contributed by atoms with Crippen molar-refractivity contribution in [3.8, 4) is 16.8 Å². The second-order valence-electron chi connectivity index (χ2n) is 2.76. The highest BCUT2D eigenvalue weighted by Gasteiger charge is 2.08. The van der Waals surface area contributed by atoms with Crippen LogP contribution in [0.3, 0.4) is 0 Å². The number of aryl methyl sites for hydroxylation is 1. The maximum absolute atomic E-state index is 8.78. The van der Waals surface area contributed by atoms with Crippen molar-refractivity contribution in [2.75, 3.05) is 0 Å². The van der Waals surface area contributed by atoms with Crippen LogP contribution in [0.15, 0.2) is 24.4 Å². The van der Waals surface area contributed by atoms with Crippen LogP contribution in [0.2, 0.25) is 0 Å². The van der Waals surface area contributed by atoms with Crippen molar-refractivity contribution in [2.24, 2.45) is 0 Å². The summed E-state index contributed by atoms with van der Waals surface area (Å²) in [5, 5.41) is 9.58. The number of nitrogens with zero attached hydrogens (tertiary/aromatic N) is 3. The Bertz CT molecular complexity index is 482. The summed E-state index contributed by atoms with van der Waals surface area (Å²) in [6, 6.07) is 7.77. The molecule has 0 fully saturated rings. The lowest BCUT2D eigenvalue weighted by Gasteiger charge is -1.91. The van der Waals surface area contributed by atoms with Crippen LogP contribution in [0.25, 0.3) is 10.7 Å². The highest BCUT2D eigenvalue weighted by Crippen LogP contribution is 2.25. The fraction of sp³-hybridized carbons (Fsp3) is 0.100. The van der Waals surface area contributed by atoms with Gasteiger partial charge in [-0.05, 0) is 19.1 Å². The lowest BCUT2D eigenvalue weighted by atomic mass is 10.3. The number of thiazole rings is 1. The van der Waals surface area contributed by atoms with Crippen molar-refractivity contribution in [1.29, 1.82) is 5.26 Å². The van der Waals surface area contributed by atoms with Crippen molar-refractivity contribution in [3.05, 3.63) is 35.0 Å². The number of pyridine rings is 1. The highest BCUT2D eigenvalue weighted by atomic mass is 32.1. The molecular weight excluding hydrogens is 194 g/mol. The maximum Gasteiger partial charge on any atom is 0.143 e. The summed E-state index contributed by atoms with van der Waals surface area (Å²) in [5.41, 5.74) is 1.60. The van der Waals surface area contributed by atoms with Crippen molar-refractivity contribution < 1.29 is 0 Å². The Hall–Kier alpha value is -1.73. The molecule has 2 aromatic rings. The van der Waals surface area contributed by atoms with Crippen LogP contribution in [0, 0.1) is 18.3 Å². The van der Waals surface area contributed by atoms with Crippen molar-refractivity contribution in [2.45, 2.75) is 6.92 Å². The summed E-state index contributed by atoms with van der Waals surface area (Å²) in [4.78, 5) is 9.12. The monoisotopic (exact) mass is 201 g/mol. The largest absolute Gasteiger partial charge is 0.254 e. The molecule has 0 unspecified atom stereocenters. The van der Waals surface area contributed by atoms with Crippen LogP contribution in [0.5, 0.6) is 0 Å². The summed E-state index contributed by atoms with van der Waals surface area (Å²) in [7, 11) is 0. The van der Waals surface area contributed by atoms with Crippen LogP contribution in [0.1, 0.15) is 10.6 Å². The first-order valence-electron chi connectivity index (χ1n) is 4.10. The molecule has 2 rings (SSSR count). The number of nitriles is 1. The fourth-order valence-corrected chi connectivity index (χ4v) is 1.94. The second-order valence-corrected chi connectivity index (χ2v) is 3.76. The molecule has 0 aliphatic rings. The summed E-state index contributed by atoms with van der Waals surface area (Å²) in [6.45, 7) is 1.83. The van der Waals surface area contributed by atoms with Crippen molar-refractivity contribution >= 4 is 11.3 Å². The first kappa shape index (κ1) is 8.85. The molecule has 0 radical (unpaired) electrons. The smallest absolute Gasteiger partial charge is 0.143 e. The van der Waals surface area contributed by atoms with E-state index in [1.54, 1.807) is 6.20 Å². The van der Waals surface area contributed by atoms with Crippen molar-refractivity contribution in [3.63, 3.8) is 0 Å². The fourth-order valence-electron chi connectivity index (χ4n) is 1.10. The average Bonchev–Trinajstić information content (AvgIpc) is 2.61. The maximum atomic E-state index is 8.78. The van der Waals surface area contributed by atoms with E-state index in [1.165, 1.54) is 11.3 Å². The predicted molar refractivity (Wildman–Crippen MR) is 54.8 cm³/mol. The van der Waals surface area contributed by atoms with Gasteiger partial charge in [-0.15, -0.1) is 11.3 Å². The normalized spacial score (nSPS) is 9.71. The minimum Gasteiger partial charge on any atom is -0.254 e. The van der Waals surface area contributed by atoms with Crippen LogP contribution in [-0.4, -0.2) is 9.97 Å². The van der Waals surface area contributed by atoms with Gasteiger partial charge in [-0.1, -0.05) is 6.07 Å². The zero-order chi connectivity index (χ0) is 9.97. The van der Waals surface area contributed by atoms with Gasteiger partial charge in [-0.3, -0.25) is 4.98 Å². The SMILES string of the molecule is Cc1nc(-c2ccccn2)sc1C#N. The van der Waals surface area contributed by atoms with Crippen molar-refractivity contribution in [1.82, 2.24) is 9.97 Å². The van der Waals surface area contributed by atoms with Gasteiger partial charge < -0.3 is 0 Å². The van der Waals surface area contributed by atoms with E-state index in [0.29, 0.717) is 4.88 Å². The topological polar surface area (TPSA) is 49.6 Å². The quantitative estimate of drug-likeness (QED) is 0.711. The molecule has 0 aromatic carbocycles. The average molecular weight is 201 g/mol. The molecule has 2 aromatic heterocycles. The van der Waals surface area contributed by atoms with Gasteiger partial charge in [0.15, 0.2) is 0 Å². The molecule has 0 aliphatic heterocycles. The van der Waals surface area contributed by atoms with E-state index < -0.39 is 0 Å². The first-order valence-corrected chi connectivity index (χ1v) is 4.92. The van der Waals surface area contributed by atoms with Gasteiger partial charge in [0.1, 0.15) is 16.0 Å². The molecule has 68 valence electrons. The van der Waals surface area contributed by atoms with Crippen LogP contribution in [-0.2, 0) is 0 Å². The minimum atomic E-state index is 0.658. The third-order valence-electron chi connectivity index (χ3n) is 1.78. The zero-order valence-electron chi connectivity index (χ0n) is 7.56. The van der Waals surface area contributed by atoms with Gasteiger partial charge in [0.25, 0.3) is 0 Å². The van der Waals surface area contributed by atoms with E-state index in [-0.39, 0.29) is 0 Å². The Morgan fingerprint density at radius 2 is 2.29 bits per heavy atom. The predicted octanol–water partition coefficient (Wildman–Crippen LogP) is 2.39. The second kappa shape index (κ2) is 3.56. The van der Waals surface area contributed by atoms with E-state index in [0.717, 1.165) is 16.4 Å². The van der Waals surface area contributed by atoms with E-state index in [2.05, 4.69) is 16.0 Å². The Balaban J connectivity index is 2.50. The molecule has 14 heavy (non-hydrogen) atoms. The van der Waals surface area contributed by atoms with Gasteiger partial charge in [-0.2, -0.15) is 5.26 Å². The number of rotatable bonds is 1. The van der Waals surface area contributed by atoms with Gasteiger partial charge in [0.2, 0.25) is 0 Å². The lowest BCUT2D eigenvalue weighted by Crippen LogP contribution is -1.80. The standard InChI is InChI=1S/C10H7N3S/c1-7-9(6-11)14-10(13-7)8-4-2-3-5-12-8/h2-5H,1H3. The molecular formula is C10H7N3S. The van der Waals surface area contributed by atoms with Gasteiger partial charge in [-0.25, -0.2) is 4.98 Å². The molecule has 3 nitrogen and oxygen atoms in total. The third-order valence-corrected chi connectivity index (χ3v) is 2.87. The summed E-state index contributed by atoms with van der Waals surface area (Å²) in [5.74, 6) is 0. The molecule has 2 heterocycles. The Morgan fingerprint density at radius 1 is 1.43 bits per heavy atom. The molecule has 4 heteroatoms. The summed E-state index contributed by atoms with van der Waals surface area (Å²) >= 11 is 1.38. The number of hydrogen-bond acceptors (Lipinski definition) is 4. The van der Waals surface area contributed by atoms with Gasteiger partial charge in [0.05, 0.1) is 11.4 Å². The summed E-state index contributed by atoms with van der Waals surface area (Å²) < 4.78 is 0. The molecule has 0 spiro atoms. The Labute approximate surface area is 85.7 Å². The number of hydrogen-bond donors (Lipinski definition) is 0. The van der Waals surface area contributed by atoms with Crippen LogP contribution in [0.4, 0.5) is 0 Å². The molecule has 0 N–H and O–H groups in total. The molecule has 0 bridgehead atoms. The summed E-state index contributed by atoms with van der Waals surface area (Å²) in [6.07, 6.45) is 1.72. The van der Waals surface area contributed by atoms with Gasteiger partial charge in [0, 0.05) is 6.20 Å². The lowest BCUT2D eigenvalue weighted by molar-refractivity contribution is 1.22. The zero-order valence-corrected chi connectivity index (χ0v) is 8.38. The van der Waals surface area contributed by atoms with Gasteiger partial charge >= 0.3 is 0 Å². The Kier molecular flexibility index (Phi) is 2.25. The molecule has 0 aliphatic carbocycles. The third kappa shape index (κ3) is 1.50. The molecule has 0 saturated heterocycles. The molecule has 0 amide bonds. The van der Waals surface area contributed by atoms with Crippen LogP contribution < -0.4 is 0 Å². The highest BCUT2D eigenvalue weighted by molar-refractivity contribution is 7.15. The van der Waals surface area contributed by atoms with E-state index in [9.17, 15) is 0 Å². The first-order chi connectivity index (χ1) is 6.81. The van der Waals surface area contributed by atoms with E-state index >= 15 is 0 Å². The molecule has 0 atom stereocenters. The minimum absolute atomic E-state index is 0.658. The molecule has 0 saturated carbocycles. The van der Waals surface area contributed by atoms with E-state index in [1.807, 2.05) is 25.1 Å². The Morgan fingerprint density at radius 3 is 2.86 bits per heavy atom. The van der Waals surface area contributed by atoms with Crippen LogP contribution >= 0.6 is 11.3 Å². The number of aromatic nitrogens is 2.